The van der Waals surface area contributed by atoms with E-state index >= 15 is 0 Å². The second-order valence-corrected chi connectivity index (χ2v) is 6.22. The average Bonchev–Trinajstić information content (AvgIpc) is 2.49. The molecule has 136 valence electrons. The molecule has 1 unspecified atom stereocenters. The standard InChI is InChI=1S/C17H26FN3O2.HI/c1-4-19-16(20-8-17(9-22)10-23-11-17)21-13(3)14-6-5-12(2)15(18)7-14;/h5-7,13,22H,4,8-11H2,1-3H3,(H2,19,20,21);1H. The Balaban J connectivity index is 0.00000288. The van der Waals surface area contributed by atoms with Gasteiger partial charge in [-0.25, -0.2) is 4.39 Å². The van der Waals surface area contributed by atoms with E-state index in [1.165, 1.54) is 0 Å². The normalized spacial score (nSPS) is 17.5. The van der Waals surface area contributed by atoms with Crippen LogP contribution in [-0.4, -0.2) is 44.0 Å². The second kappa shape index (κ2) is 9.53. The summed E-state index contributed by atoms with van der Waals surface area (Å²) in [4.78, 5) is 4.54. The summed E-state index contributed by atoms with van der Waals surface area (Å²) in [5.41, 5.74) is 1.24. The summed E-state index contributed by atoms with van der Waals surface area (Å²) >= 11 is 0. The molecule has 2 rings (SSSR count). The van der Waals surface area contributed by atoms with E-state index in [9.17, 15) is 9.50 Å². The van der Waals surface area contributed by atoms with E-state index in [0.717, 1.165) is 12.1 Å². The minimum absolute atomic E-state index is 0. The fourth-order valence-electron chi connectivity index (χ4n) is 2.36. The van der Waals surface area contributed by atoms with Crippen LogP contribution >= 0.6 is 24.0 Å². The first-order valence-electron chi connectivity index (χ1n) is 7.99. The van der Waals surface area contributed by atoms with Gasteiger partial charge in [0.2, 0.25) is 0 Å². The van der Waals surface area contributed by atoms with Gasteiger partial charge in [-0.2, -0.15) is 0 Å². The number of aryl methyl sites for hydroxylation is 1. The molecule has 0 amide bonds. The molecule has 1 atom stereocenters. The quantitative estimate of drug-likeness (QED) is 0.353. The number of hydrogen-bond acceptors (Lipinski definition) is 3. The molecule has 1 saturated heterocycles. The van der Waals surface area contributed by atoms with Crippen LogP contribution < -0.4 is 10.6 Å². The number of guanidine groups is 1. The summed E-state index contributed by atoms with van der Waals surface area (Å²) in [6, 6.07) is 5.16. The molecular weight excluding hydrogens is 424 g/mol. The summed E-state index contributed by atoms with van der Waals surface area (Å²) in [6.07, 6.45) is 0. The lowest BCUT2D eigenvalue weighted by Crippen LogP contribution is -2.49. The van der Waals surface area contributed by atoms with Crippen molar-refractivity contribution in [3.8, 4) is 0 Å². The fourth-order valence-corrected chi connectivity index (χ4v) is 2.36. The van der Waals surface area contributed by atoms with Crippen molar-refractivity contribution in [2.75, 3.05) is 32.9 Å². The Kier molecular flexibility index (Phi) is 8.38. The van der Waals surface area contributed by atoms with E-state index < -0.39 is 0 Å². The van der Waals surface area contributed by atoms with Crippen LogP contribution in [0.25, 0.3) is 0 Å². The zero-order valence-electron chi connectivity index (χ0n) is 14.4. The highest BCUT2D eigenvalue weighted by molar-refractivity contribution is 14.0. The zero-order valence-corrected chi connectivity index (χ0v) is 16.8. The van der Waals surface area contributed by atoms with E-state index in [-0.39, 0.29) is 47.9 Å². The van der Waals surface area contributed by atoms with Crippen LogP contribution in [0.3, 0.4) is 0 Å². The Morgan fingerprint density at radius 3 is 2.67 bits per heavy atom. The van der Waals surface area contributed by atoms with Gasteiger partial charge in [-0.1, -0.05) is 12.1 Å². The second-order valence-electron chi connectivity index (χ2n) is 6.22. The lowest BCUT2D eigenvalue weighted by Gasteiger charge is -2.38. The van der Waals surface area contributed by atoms with Crippen molar-refractivity contribution in [1.29, 1.82) is 0 Å². The van der Waals surface area contributed by atoms with E-state index in [0.29, 0.717) is 31.3 Å². The maximum Gasteiger partial charge on any atom is 0.191 e. The van der Waals surface area contributed by atoms with Crippen LogP contribution in [0.1, 0.15) is 31.0 Å². The molecule has 0 bridgehead atoms. The minimum Gasteiger partial charge on any atom is -0.396 e. The van der Waals surface area contributed by atoms with Gasteiger partial charge in [-0.3, -0.25) is 4.99 Å². The summed E-state index contributed by atoms with van der Waals surface area (Å²) < 4.78 is 18.9. The summed E-state index contributed by atoms with van der Waals surface area (Å²) in [5, 5.41) is 15.9. The third kappa shape index (κ3) is 5.29. The van der Waals surface area contributed by atoms with Gasteiger partial charge in [0.1, 0.15) is 5.82 Å². The first kappa shape index (κ1) is 21.1. The molecule has 1 heterocycles. The molecule has 7 heteroatoms. The number of ether oxygens (including phenoxy) is 1. The van der Waals surface area contributed by atoms with Gasteiger partial charge in [0, 0.05) is 6.54 Å². The van der Waals surface area contributed by atoms with Crippen molar-refractivity contribution in [1.82, 2.24) is 10.6 Å². The molecule has 1 aliphatic heterocycles. The van der Waals surface area contributed by atoms with Crippen molar-refractivity contribution in [3.05, 3.63) is 35.1 Å². The molecule has 0 radical (unpaired) electrons. The van der Waals surface area contributed by atoms with Crippen LogP contribution in [0.4, 0.5) is 4.39 Å². The third-order valence-electron chi connectivity index (χ3n) is 4.12. The Hall–Kier alpha value is -0.930. The van der Waals surface area contributed by atoms with Crippen molar-refractivity contribution in [3.63, 3.8) is 0 Å². The van der Waals surface area contributed by atoms with Gasteiger partial charge >= 0.3 is 0 Å². The summed E-state index contributed by atoms with van der Waals surface area (Å²) in [6.45, 7) is 8.05. The van der Waals surface area contributed by atoms with Crippen LogP contribution in [0.2, 0.25) is 0 Å². The molecule has 0 spiro atoms. The number of rotatable bonds is 6. The van der Waals surface area contributed by atoms with E-state index in [1.54, 1.807) is 19.1 Å². The fraction of sp³-hybridized carbons (Fsp3) is 0.588. The van der Waals surface area contributed by atoms with Gasteiger partial charge in [-0.15, -0.1) is 24.0 Å². The number of halogens is 2. The number of hydrogen-bond donors (Lipinski definition) is 3. The Morgan fingerprint density at radius 1 is 1.46 bits per heavy atom. The average molecular weight is 451 g/mol. The molecule has 1 aliphatic rings. The lowest BCUT2D eigenvalue weighted by atomic mass is 9.87. The molecule has 0 saturated carbocycles. The third-order valence-corrected chi connectivity index (χ3v) is 4.12. The van der Waals surface area contributed by atoms with E-state index in [2.05, 4.69) is 15.6 Å². The number of aliphatic imine (C=N–C) groups is 1. The van der Waals surface area contributed by atoms with Crippen LogP contribution in [0.15, 0.2) is 23.2 Å². The molecule has 1 aromatic carbocycles. The molecule has 0 aliphatic carbocycles. The largest absolute Gasteiger partial charge is 0.396 e. The highest BCUT2D eigenvalue weighted by Crippen LogP contribution is 2.27. The monoisotopic (exact) mass is 451 g/mol. The molecule has 24 heavy (non-hydrogen) atoms. The number of nitrogens with zero attached hydrogens (tertiary/aromatic N) is 1. The number of aliphatic hydroxyl groups is 1. The Labute approximate surface area is 160 Å². The summed E-state index contributed by atoms with van der Waals surface area (Å²) in [5.74, 6) is 0.449. The number of aliphatic hydroxyl groups excluding tert-OH is 1. The van der Waals surface area contributed by atoms with E-state index in [4.69, 9.17) is 4.74 Å². The lowest BCUT2D eigenvalue weighted by molar-refractivity contribution is -0.130. The predicted octanol–water partition coefficient (Wildman–Crippen LogP) is 2.38. The van der Waals surface area contributed by atoms with Crippen molar-refractivity contribution >= 4 is 29.9 Å². The molecular formula is C17H27FIN3O2. The Morgan fingerprint density at radius 2 is 2.17 bits per heavy atom. The predicted molar refractivity (Wildman–Crippen MR) is 104 cm³/mol. The molecule has 3 N–H and O–H groups in total. The van der Waals surface area contributed by atoms with Gasteiger partial charge in [-0.05, 0) is 38.0 Å². The highest BCUT2D eigenvalue weighted by Gasteiger charge is 2.38. The van der Waals surface area contributed by atoms with Crippen molar-refractivity contribution in [2.24, 2.45) is 10.4 Å². The zero-order chi connectivity index (χ0) is 16.9. The first-order valence-corrected chi connectivity index (χ1v) is 7.99. The van der Waals surface area contributed by atoms with Crippen molar-refractivity contribution < 1.29 is 14.2 Å². The Bertz CT molecular complexity index is 559. The molecule has 1 aromatic rings. The van der Waals surface area contributed by atoms with Gasteiger partial charge in [0.05, 0.1) is 37.8 Å². The number of nitrogens with one attached hydrogen (secondary N) is 2. The molecule has 0 aromatic heterocycles. The van der Waals surface area contributed by atoms with Gasteiger partial charge in [0.15, 0.2) is 5.96 Å². The van der Waals surface area contributed by atoms with Gasteiger partial charge < -0.3 is 20.5 Å². The van der Waals surface area contributed by atoms with Crippen molar-refractivity contribution in [2.45, 2.75) is 26.8 Å². The first-order chi connectivity index (χ1) is 11.0. The maximum absolute atomic E-state index is 13.7. The minimum atomic E-state index is -0.262. The van der Waals surface area contributed by atoms with Gasteiger partial charge in [0.25, 0.3) is 0 Å². The highest BCUT2D eigenvalue weighted by atomic mass is 127. The van der Waals surface area contributed by atoms with Crippen LogP contribution in [-0.2, 0) is 4.74 Å². The molecule has 1 fully saturated rings. The topological polar surface area (TPSA) is 65.9 Å². The van der Waals surface area contributed by atoms with Crippen LogP contribution in [0.5, 0.6) is 0 Å². The number of benzene rings is 1. The molecule has 5 nitrogen and oxygen atoms in total. The maximum atomic E-state index is 13.7. The van der Waals surface area contributed by atoms with Crippen LogP contribution in [0, 0.1) is 18.2 Å². The smallest absolute Gasteiger partial charge is 0.191 e. The van der Waals surface area contributed by atoms with E-state index in [1.807, 2.05) is 19.9 Å². The SMILES string of the molecule is CCNC(=NCC1(CO)COC1)NC(C)c1ccc(C)c(F)c1.I. The summed E-state index contributed by atoms with van der Waals surface area (Å²) in [7, 11) is 0.